The number of ether oxygens (including phenoxy) is 2. The van der Waals surface area contributed by atoms with Gasteiger partial charge in [0.05, 0.1) is 11.3 Å². The normalized spacial score (nSPS) is 35.8. The maximum absolute atomic E-state index is 13.2. The molecular formula is C21H34O4. The van der Waals surface area contributed by atoms with Crippen LogP contribution in [0.4, 0.5) is 0 Å². The molecule has 0 N–H and O–H groups in total. The number of hydrogen-bond acceptors (Lipinski definition) is 4. The van der Waals surface area contributed by atoms with Gasteiger partial charge in [0.2, 0.25) is 0 Å². The van der Waals surface area contributed by atoms with Crippen LogP contribution in [0.15, 0.2) is 0 Å². The van der Waals surface area contributed by atoms with Gasteiger partial charge in [-0.3, -0.25) is 9.59 Å². The smallest absolute Gasteiger partial charge is 0.312 e. The van der Waals surface area contributed by atoms with Gasteiger partial charge >= 0.3 is 11.9 Å². The summed E-state index contributed by atoms with van der Waals surface area (Å²) in [7, 11) is 0. The largest absolute Gasteiger partial charge is 0.458 e. The molecule has 1 saturated heterocycles. The zero-order valence-electron chi connectivity index (χ0n) is 16.6. The Hall–Kier alpha value is -1.06. The molecule has 2 aliphatic carbocycles. The number of esters is 2. The highest BCUT2D eigenvalue weighted by atomic mass is 16.6. The fourth-order valence-electron chi connectivity index (χ4n) is 5.64. The van der Waals surface area contributed by atoms with Gasteiger partial charge in [0.25, 0.3) is 0 Å². The van der Waals surface area contributed by atoms with Crippen molar-refractivity contribution in [3.63, 3.8) is 0 Å². The number of fused-ring (bicyclic) bond motifs is 1. The average Bonchev–Trinajstić information content (AvgIpc) is 3.10. The van der Waals surface area contributed by atoms with Crippen LogP contribution < -0.4 is 0 Å². The number of hydrogen-bond donors (Lipinski definition) is 0. The van der Waals surface area contributed by atoms with Gasteiger partial charge in [-0.25, -0.2) is 0 Å². The molecular weight excluding hydrogens is 316 g/mol. The Labute approximate surface area is 152 Å². The van der Waals surface area contributed by atoms with Crippen molar-refractivity contribution in [2.45, 2.75) is 85.9 Å². The van der Waals surface area contributed by atoms with E-state index in [2.05, 4.69) is 41.5 Å². The quantitative estimate of drug-likeness (QED) is 0.640. The summed E-state index contributed by atoms with van der Waals surface area (Å²) in [5.41, 5.74) is -0.389. The zero-order valence-corrected chi connectivity index (χ0v) is 16.6. The third-order valence-corrected chi connectivity index (χ3v) is 6.83. The summed E-state index contributed by atoms with van der Waals surface area (Å²) in [6.07, 6.45) is 4.06. The van der Waals surface area contributed by atoms with Gasteiger partial charge in [0.1, 0.15) is 12.2 Å². The van der Waals surface area contributed by atoms with Crippen molar-refractivity contribution < 1.29 is 19.1 Å². The van der Waals surface area contributed by atoms with Crippen LogP contribution in [0, 0.1) is 34.5 Å². The van der Waals surface area contributed by atoms with Crippen LogP contribution in [-0.4, -0.2) is 24.1 Å². The minimum atomic E-state index is -0.489. The van der Waals surface area contributed by atoms with Crippen LogP contribution in [0.2, 0.25) is 0 Å². The molecule has 2 saturated carbocycles. The molecule has 0 radical (unpaired) electrons. The fourth-order valence-corrected chi connectivity index (χ4v) is 5.64. The summed E-state index contributed by atoms with van der Waals surface area (Å²) < 4.78 is 11.6. The van der Waals surface area contributed by atoms with Crippen LogP contribution in [-0.2, 0) is 19.1 Å². The Morgan fingerprint density at radius 3 is 2.56 bits per heavy atom. The molecule has 0 aromatic carbocycles. The third kappa shape index (κ3) is 3.33. The van der Waals surface area contributed by atoms with Gasteiger partial charge in [-0.05, 0) is 43.9 Å². The van der Waals surface area contributed by atoms with E-state index in [9.17, 15) is 9.59 Å². The Morgan fingerprint density at radius 1 is 1.28 bits per heavy atom. The molecule has 2 bridgehead atoms. The first-order chi connectivity index (χ1) is 11.6. The lowest BCUT2D eigenvalue weighted by molar-refractivity contribution is -0.174. The molecule has 0 spiro atoms. The predicted octanol–water partition coefficient (Wildman–Crippen LogP) is 4.36. The fraction of sp³-hybridized carbons (Fsp3) is 0.905. The number of rotatable bonds is 7. The monoisotopic (exact) mass is 350 g/mol. The lowest BCUT2D eigenvalue weighted by Gasteiger charge is -2.38. The van der Waals surface area contributed by atoms with E-state index in [1.807, 2.05) is 0 Å². The molecule has 3 aliphatic rings. The molecule has 6 unspecified atom stereocenters. The van der Waals surface area contributed by atoms with Crippen molar-refractivity contribution in [1.29, 1.82) is 0 Å². The number of carbonyl (C=O) groups excluding carboxylic acids is 2. The summed E-state index contributed by atoms with van der Waals surface area (Å²) in [5, 5.41) is 0. The molecule has 25 heavy (non-hydrogen) atoms. The van der Waals surface area contributed by atoms with Crippen molar-refractivity contribution in [1.82, 2.24) is 0 Å². The molecule has 0 aromatic rings. The summed E-state index contributed by atoms with van der Waals surface area (Å²) >= 11 is 0. The SMILES string of the molecule is CCC(C)(C)CC(C)(CC(C)C)C(=O)OC1C2CC3C(=O)OC1C3C2. The Bertz CT molecular complexity index is 552. The highest BCUT2D eigenvalue weighted by Crippen LogP contribution is 2.56. The van der Waals surface area contributed by atoms with Crippen LogP contribution >= 0.6 is 0 Å². The lowest BCUT2D eigenvalue weighted by Crippen LogP contribution is -2.42. The van der Waals surface area contributed by atoms with Gasteiger partial charge in [0, 0.05) is 11.8 Å². The average molecular weight is 350 g/mol. The van der Waals surface area contributed by atoms with Crippen LogP contribution in [0.3, 0.4) is 0 Å². The van der Waals surface area contributed by atoms with E-state index in [0.717, 1.165) is 32.1 Å². The second kappa shape index (κ2) is 6.28. The Kier molecular flexibility index (Phi) is 4.70. The highest BCUT2D eigenvalue weighted by molar-refractivity contribution is 5.78. The Morgan fingerprint density at radius 2 is 1.96 bits per heavy atom. The molecule has 6 atom stereocenters. The maximum Gasteiger partial charge on any atom is 0.312 e. The van der Waals surface area contributed by atoms with Gasteiger partial charge in [-0.1, -0.05) is 41.0 Å². The van der Waals surface area contributed by atoms with Crippen molar-refractivity contribution in [3.8, 4) is 0 Å². The first kappa shape index (κ1) is 18.7. The standard InChI is InChI=1S/C21H34O4/c1-7-20(4,5)11-21(6,10-12(2)3)19(23)25-16-13-8-14-15(9-13)18(22)24-17(14)16/h12-17H,7-11H2,1-6H3. The topological polar surface area (TPSA) is 52.6 Å². The summed E-state index contributed by atoms with van der Waals surface area (Å²) in [4.78, 5) is 25.2. The number of carbonyl (C=O) groups is 2. The molecule has 3 fully saturated rings. The maximum atomic E-state index is 13.2. The molecule has 4 heteroatoms. The van der Waals surface area contributed by atoms with E-state index in [-0.39, 0.29) is 41.4 Å². The molecule has 3 rings (SSSR count). The zero-order chi connectivity index (χ0) is 18.6. The summed E-state index contributed by atoms with van der Waals surface area (Å²) in [6.45, 7) is 13.0. The van der Waals surface area contributed by atoms with Gasteiger partial charge in [0.15, 0.2) is 0 Å². The van der Waals surface area contributed by atoms with Crippen molar-refractivity contribution in [2.24, 2.45) is 34.5 Å². The van der Waals surface area contributed by atoms with E-state index in [0.29, 0.717) is 11.8 Å². The molecule has 4 nitrogen and oxygen atoms in total. The van der Waals surface area contributed by atoms with Crippen LogP contribution in [0.1, 0.15) is 73.6 Å². The molecule has 1 aliphatic heterocycles. The molecule has 1 heterocycles. The van der Waals surface area contributed by atoms with Crippen molar-refractivity contribution in [3.05, 3.63) is 0 Å². The first-order valence-electron chi connectivity index (χ1n) is 9.98. The van der Waals surface area contributed by atoms with E-state index in [1.54, 1.807) is 0 Å². The van der Waals surface area contributed by atoms with Crippen LogP contribution in [0.25, 0.3) is 0 Å². The van der Waals surface area contributed by atoms with Crippen molar-refractivity contribution in [2.75, 3.05) is 0 Å². The van der Waals surface area contributed by atoms with E-state index in [1.165, 1.54) is 0 Å². The van der Waals surface area contributed by atoms with Gasteiger partial charge in [-0.15, -0.1) is 0 Å². The minimum Gasteiger partial charge on any atom is -0.458 e. The van der Waals surface area contributed by atoms with Gasteiger partial charge in [-0.2, -0.15) is 0 Å². The van der Waals surface area contributed by atoms with Gasteiger partial charge < -0.3 is 9.47 Å². The second-order valence-corrected chi connectivity index (χ2v) is 10.1. The van der Waals surface area contributed by atoms with E-state index >= 15 is 0 Å². The van der Waals surface area contributed by atoms with Crippen LogP contribution in [0.5, 0.6) is 0 Å². The molecule has 142 valence electrons. The lowest BCUT2D eigenvalue weighted by atomic mass is 9.69. The molecule has 0 amide bonds. The highest BCUT2D eigenvalue weighted by Gasteiger charge is 2.63. The molecule has 0 aromatic heterocycles. The Balaban J connectivity index is 1.74. The minimum absolute atomic E-state index is 0.0611. The van der Waals surface area contributed by atoms with E-state index in [4.69, 9.17) is 9.47 Å². The van der Waals surface area contributed by atoms with E-state index < -0.39 is 5.41 Å². The summed E-state index contributed by atoms with van der Waals surface area (Å²) in [6, 6.07) is 0. The predicted molar refractivity (Wildman–Crippen MR) is 95.7 cm³/mol. The summed E-state index contributed by atoms with van der Waals surface area (Å²) in [5.74, 6) is 0.898. The van der Waals surface area contributed by atoms with Crippen molar-refractivity contribution >= 4 is 11.9 Å². The second-order valence-electron chi connectivity index (χ2n) is 10.1. The first-order valence-corrected chi connectivity index (χ1v) is 9.98. The third-order valence-electron chi connectivity index (χ3n) is 6.83.